The van der Waals surface area contributed by atoms with Crippen molar-refractivity contribution in [2.24, 2.45) is 5.92 Å². The number of hydrogen-bond acceptors (Lipinski definition) is 3. The number of ether oxygens (including phenoxy) is 1. The number of rotatable bonds is 6. The Bertz CT molecular complexity index is 448. The van der Waals surface area contributed by atoms with Crippen molar-refractivity contribution in [3.63, 3.8) is 0 Å². The number of benzene rings is 1. The van der Waals surface area contributed by atoms with Crippen LogP contribution in [0, 0.1) is 5.92 Å². The molecule has 0 aliphatic carbocycles. The van der Waals surface area contributed by atoms with Crippen LogP contribution >= 0.6 is 0 Å². The van der Waals surface area contributed by atoms with Gasteiger partial charge in [-0.2, -0.15) is 0 Å². The van der Waals surface area contributed by atoms with Crippen LogP contribution in [0.15, 0.2) is 24.3 Å². The number of amides is 2. The van der Waals surface area contributed by atoms with Gasteiger partial charge in [-0.15, -0.1) is 0 Å². The zero-order valence-electron chi connectivity index (χ0n) is 11.0. The highest BCUT2D eigenvalue weighted by molar-refractivity contribution is 5.75. The van der Waals surface area contributed by atoms with Gasteiger partial charge in [0.05, 0.1) is 13.0 Å². The number of methoxy groups -OCH3 is 1. The average molecular weight is 266 g/mol. The summed E-state index contributed by atoms with van der Waals surface area (Å²) in [5, 5.41) is 13.8. The largest absolute Gasteiger partial charge is 0.496 e. The van der Waals surface area contributed by atoms with Crippen LogP contribution in [0.3, 0.4) is 0 Å². The second kappa shape index (κ2) is 7.25. The predicted octanol–water partition coefficient (Wildman–Crippen LogP) is 1.22. The van der Waals surface area contributed by atoms with Crippen LogP contribution in [-0.4, -0.2) is 30.8 Å². The SMILES string of the molecule is COc1ccccc1CNC(=O)NCC(C)C(=O)O. The van der Waals surface area contributed by atoms with Crippen molar-refractivity contribution in [2.75, 3.05) is 13.7 Å². The molecule has 0 saturated heterocycles. The van der Waals surface area contributed by atoms with Crippen LogP contribution in [0.25, 0.3) is 0 Å². The van der Waals surface area contributed by atoms with Crippen molar-refractivity contribution < 1.29 is 19.4 Å². The molecule has 2 amide bonds. The van der Waals surface area contributed by atoms with Crippen molar-refractivity contribution in [3.8, 4) is 5.75 Å². The minimum Gasteiger partial charge on any atom is -0.496 e. The molecule has 0 fully saturated rings. The molecule has 1 unspecified atom stereocenters. The number of carboxylic acid groups (broad SMARTS) is 1. The van der Waals surface area contributed by atoms with Gasteiger partial charge in [0, 0.05) is 18.7 Å². The minimum atomic E-state index is -0.940. The number of carbonyl (C=O) groups is 2. The molecule has 1 rings (SSSR count). The van der Waals surface area contributed by atoms with Crippen molar-refractivity contribution in [2.45, 2.75) is 13.5 Å². The summed E-state index contributed by atoms with van der Waals surface area (Å²) in [7, 11) is 1.56. The lowest BCUT2D eigenvalue weighted by atomic mass is 10.2. The molecule has 0 spiro atoms. The number of urea groups is 1. The molecule has 1 atom stereocenters. The highest BCUT2D eigenvalue weighted by atomic mass is 16.5. The number of hydrogen-bond donors (Lipinski definition) is 3. The van der Waals surface area contributed by atoms with Crippen molar-refractivity contribution in [1.82, 2.24) is 10.6 Å². The second-order valence-electron chi connectivity index (χ2n) is 4.11. The number of nitrogens with one attached hydrogen (secondary N) is 2. The normalized spacial score (nSPS) is 11.5. The molecule has 0 radical (unpaired) electrons. The fourth-order valence-electron chi connectivity index (χ4n) is 1.42. The first-order chi connectivity index (χ1) is 9.04. The Kier molecular flexibility index (Phi) is 5.66. The molecule has 0 heterocycles. The molecule has 6 nitrogen and oxygen atoms in total. The van der Waals surface area contributed by atoms with E-state index in [1.165, 1.54) is 6.92 Å². The van der Waals surface area contributed by atoms with Gasteiger partial charge in [-0.05, 0) is 6.07 Å². The number of carbonyl (C=O) groups excluding carboxylic acids is 1. The van der Waals surface area contributed by atoms with E-state index < -0.39 is 17.9 Å². The fraction of sp³-hybridized carbons (Fsp3) is 0.385. The van der Waals surface area contributed by atoms with Crippen LogP contribution in [0.4, 0.5) is 4.79 Å². The van der Waals surface area contributed by atoms with E-state index in [4.69, 9.17) is 9.84 Å². The maximum Gasteiger partial charge on any atom is 0.315 e. The molecule has 19 heavy (non-hydrogen) atoms. The predicted molar refractivity (Wildman–Crippen MR) is 70.0 cm³/mol. The van der Waals surface area contributed by atoms with Crippen LogP contribution in [0.2, 0.25) is 0 Å². The summed E-state index contributed by atoms with van der Waals surface area (Å²) in [6.07, 6.45) is 0. The maximum atomic E-state index is 11.5. The third kappa shape index (κ3) is 4.87. The molecule has 1 aromatic carbocycles. The van der Waals surface area contributed by atoms with E-state index in [1.807, 2.05) is 18.2 Å². The van der Waals surface area contributed by atoms with Gasteiger partial charge in [-0.1, -0.05) is 25.1 Å². The van der Waals surface area contributed by atoms with E-state index in [9.17, 15) is 9.59 Å². The Balaban J connectivity index is 2.40. The molecule has 0 bridgehead atoms. The molecule has 0 saturated carbocycles. The summed E-state index contributed by atoms with van der Waals surface area (Å²) in [6, 6.07) is 6.94. The van der Waals surface area contributed by atoms with Gasteiger partial charge in [0.2, 0.25) is 0 Å². The monoisotopic (exact) mass is 266 g/mol. The van der Waals surface area contributed by atoms with Gasteiger partial charge in [0.15, 0.2) is 0 Å². The molecule has 0 aliphatic heterocycles. The fourth-order valence-corrected chi connectivity index (χ4v) is 1.42. The Morgan fingerprint density at radius 3 is 2.63 bits per heavy atom. The molecule has 1 aromatic rings. The Morgan fingerprint density at radius 1 is 1.32 bits per heavy atom. The zero-order valence-corrected chi connectivity index (χ0v) is 11.0. The molecular weight excluding hydrogens is 248 g/mol. The molecule has 104 valence electrons. The third-order valence-corrected chi connectivity index (χ3v) is 2.62. The molecule has 6 heteroatoms. The maximum absolute atomic E-state index is 11.5. The smallest absolute Gasteiger partial charge is 0.315 e. The van der Waals surface area contributed by atoms with Gasteiger partial charge in [-0.3, -0.25) is 4.79 Å². The summed E-state index contributed by atoms with van der Waals surface area (Å²) in [5.41, 5.74) is 0.853. The first kappa shape index (κ1) is 14.8. The van der Waals surface area contributed by atoms with E-state index in [1.54, 1.807) is 13.2 Å². The van der Waals surface area contributed by atoms with Crippen LogP contribution in [0.5, 0.6) is 5.75 Å². The van der Waals surface area contributed by atoms with Crippen LogP contribution < -0.4 is 15.4 Å². The van der Waals surface area contributed by atoms with E-state index in [2.05, 4.69) is 10.6 Å². The minimum absolute atomic E-state index is 0.0904. The van der Waals surface area contributed by atoms with Crippen LogP contribution in [-0.2, 0) is 11.3 Å². The molecule has 0 aromatic heterocycles. The number of carboxylic acids is 1. The summed E-state index contributed by atoms with van der Waals surface area (Å²) < 4.78 is 5.16. The topological polar surface area (TPSA) is 87.7 Å². The van der Waals surface area contributed by atoms with Gasteiger partial charge < -0.3 is 20.5 Å². The number of para-hydroxylation sites is 1. The molecule has 0 aliphatic rings. The summed E-state index contributed by atoms with van der Waals surface area (Å²) in [6.45, 7) is 1.94. The van der Waals surface area contributed by atoms with E-state index in [0.29, 0.717) is 12.3 Å². The van der Waals surface area contributed by atoms with E-state index in [-0.39, 0.29) is 6.54 Å². The summed E-state index contributed by atoms with van der Waals surface area (Å²) in [4.78, 5) is 22.1. The third-order valence-electron chi connectivity index (χ3n) is 2.62. The Morgan fingerprint density at radius 2 is 2.00 bits per heavy atom. The van der Waals surface area contributed by atoms with Gasteiger partial charge in [-0.25, -0.2) is 4.79 Å². The van der Waals surface area contributed by atoms with Crippen molar-refractivity contribution in [1.29, 1.82) is 0 Å². The summed E-state index contributed by atoms with van der Waals surface area (Å²) >= 11 is 0. The first-order valence-electron chi connectivity index (χ1n) is 5.91. The molecular formula is C13H18N2O4. The zero-order chi connectivity index (χ0) is 14.3. The highest BCUT2D eigenvalue weighted by Gasteiger charge is 2.12. The first-order valence-corrected chi connectivity index (χ1v) is 5.91. The Labute approximate surface area is 111 Å². The molecule has 3 N–H and O–H groups in total. The lowest BCUT2D eigenvalue weighted by molar-refractivity contribution is -0.140. The summed E-state index contributed by atoms with van der Waals surface area (Å²) in [5.74, 6) is -0.858. The van der Waals surface area contributed by atoms with Crippen molar-refractivity contribution in [3.05, 3.63) is 29.8 Å². The van der Waals surface area contributed by atoms with E-state index >= 15 is 0 Å². The van der Waals surface area contributed by atoms with Crippen LogP contribution in [0.1, 0.15) is 12.5 Å². The Hall–Kier alpha value is -2.24. The van der Waals surface area contributed by atoms with Gasteiger partial charge in [0.25, 0.3) is 0 Å². The highest BCUT2D eigenvalue weighted by Crippen LogP contribution is 2.16. The second-order valence-corrected chi connectivity index (χ2v) is 4.11. The van der Waals surface area contributed by atoms with Gasteiger partial charge in [0.1, 0.15) is 5.75 Å². The lowest BCUT2D eigenvalue weighted by Gasteiger charge is -2.11. The van der Waals surface area contributed by atoms with Crippen molar-refractivity contribution >= 4 is 12.0 Å². The van der Waals surface area contributed by atoms with Gasteiger partial charge >= 0.3 is 12.0 Å². The quantitative estimate of drug-likeness (QED) is 0.722. The lowest BCUT2D eigenvalue weighted by Crippen LogP contribution is -2.38. The standard InChI is InChI=1S/C13H18N2O4/c1-9(12(16)17)7-14-13(18)15-8-10-5-3-4-6-11(10)19-2/h3-6,9H,7-8H2,1-2H3,(H,16,17)(H2,14,15,18). The van der Waals surface area contributed by atoms with E-state index in [0.717, 1.165) is 5.56 Å². The average Bonchev–Trinajstić information content (AvgIpc) is 2.42. The number of aliphatic carboxylic acids is 1.